The van der Waals surface area contributed by atoms with Gasteiger partial charge < -0.3 is 9.64 Å². The SMILES string of the molecule is CC1OC(C)C(C(=O)N(C)CC#N)C1C. The Bertz CT molecular complexity index is 285. The van der Waals surface area contributed by atoms with Crippen LogP contribution in [0.25, 0.3) is 0 Å². The molecule has 1 aliphatic heterocycles. The van der Waals surface area contributed by atoms with Crippen molar-refractivity contribution in [2.45, 2.75) is 33.0 Å². The number of hydrogen-bond donors (Lipinski definition) is 0. The van der Waals surface area contributed by atoms with Crippen LogP contribution in [0.2, 0.25) is 0 Å². The Morgan fingerprint density at radius 1 is 1.40 bits per heavy atom. The maximum absolute atomic E-state index is 12.0. The topological polar surface area (TPSA) is 53.3 Å². The molecule has 4 unspecified atom stereocenters. The van der Waals surface area contributed by atoms with Crippen LogP contribution in [0, 0.1) is 23.2 Å². The summed E-state index contributed by atoms with van der Waals surface area (Å²) in [4.78, 5) is 13.5. The van der Waals surface area contributed by atoms with Gasteiger partial charge in [-0.05, 0) is 19.8 Å². The monoisotopic (exact) mass is 210 g/mol. The van der Waals surface area contributed by atoms with E-state index in [1.54, 1.807) is 7.05 Å². The number of hydrogen-bond acceptors (Lipinski definition) is 3. The minimum atomic E-state index is -0.113. The van der Waals surface area contributed by atoms with Crippen LogP contribution in [-0.2, 0) is 9.53 Å². The minimum Gasteiger partial charge on any atom is -0.374 e. The van der Waals surface area contributed by atoms with Crippen molar-refractivity contribution in [1.82, 2.24) is 4.90 Å². The molecule has 1 heterocycles. The quantitative estimate of drug-likeness (QED) is 0.640. The average Bonchev–Trinajstić information content (AvgIpc) is 2.41. The van der Waals surface area contributed by atoms with Crippen molar-refractivity contribution in [3.63, 3.8) is 0 Å². The van der Waals surface area contributed by atoms with Crippen molar-refractivity contribution in [1.29, 1.82) is 5.26 Å². The highest BCUT2D eigenvalue weighted by Crippen LogP contribution is 2.33. The van der Waals surface area contributed by atoms with E-state index in [0.29, 0.717) is 0 Å². The Labute approximate surface area is 90.8 Å². The summed E-state index contributed by atoms with van der Waals surface area (Å²) in [5, 5.41) is 8.54. The third-order valence-corrected chi connectivity index (χ3v) is 3.21. The van der Waals surface area contributed by atoms with Crippen LogP contribution in [0.1, 0.15) is 20.8 Å². The zero-order valence-electron chi connectivity index (χ0n) is 9.73. The molecule has 1 amide bonds. The third-order valence-electron chi connectivity index (χ3n) is 3.21. The van der Waals surface area contributed by atoms with E-state index < -0.39 is 0 Å². The van der Waals surface area contributed by atoms with E-state index in [1.807, 2.05) is 26.8 Å². The van der Waals surface area contributed by atoms with E-state index in [-0.39, 0.29) is 36.5 Å². The normalized spacial score (nSPS) is 34.9. The highest BCUT2D eigenvalue weighted by Gasteiger charge is 2.42. The zero-order valence-corrected chi connectivity index (χ0v) is 9.73. The predicted molar refractivity (Wildman–Crippen MR) is 55.9 cm³/mol. The fourth-order valence-electron chi connectivity index (χ4n) is 2.13. The molecular weight excluding hydrogens is 192 g/mol. The average molecular weight is 210 g/mol. The molecule has 4 nitrogen and oxygen atoms in total. The van der Waals surface area contributed by atoms with Crippen LogP contribution in [0.5, 0.6) is 0 Å². The second-order valence-corrected chi connectivity index (χ2v) is 4.28. The lowest BCUT2D eigenvalue weighted by atomic mass is 9.88. The summed E-state index contributed by atoms with van der Waals surface area (Å²) in [6.07, 6.45) is 0.0630. The Kier molecular flexibility index (Phi) is 3.70. The third kappa shape index (κ3) is 2.29. The van der Waals surface area contributed by atoms with Gasteiger partial charge in [0.1, 0.15) is 6.54 Å². The van der Waals surface area contributed by atoms with E-state index in [9.17, 15) is 4.79 Å². The van der Waals surface area contributed by atoms with Crippen LogP contribution < -0.4 is 0 Å². The molecule has 0 aromatic rings. The summed E-state index contributed by atoms with van der Waals surface area (Å²) < 4.78 is 5.61. The smallest absolute Gasteiger partial charge is 0.229 e. The molecule has 1 fully saturated rings. The molecule has 0 aromatic carbocycles. The van der Waals surface area contributed by atoms with Crippen molar-refractivity contribution in [3.05, 3.63) is 0 Å². The summed E-state index contributed by atoms with van der Waals surface area (Å²) in [6, 6.07) is 1.98. The number of nitrogens with zero attached hydrogens (tertiary/aromatic N) is 2. The highest BCUT2D eigenvalue weighted by atomic mass is 16.5. The molecule has 0 N–H and O–H groups in total. The maximum atomic E-state index is 12.0. The molecule has 1 aliphatic rings. The van der Waals surface area contributed by atoms with Crippen LogP contribution >= 0.6 is 0 Å². The molecular formula is C11H18N2O2. The summed E-state index contributed by atoms with van der Waals surface area (Å²) in [5.41, 5.74) is 0. The summed E-state index contributed by atoms with van der Waals surface area (Å²) in [5.74, 6) is 0.118. The Balaban J connectivity index is 2.71. The second kappa shape index (κ2) is 4.63. The standard InChI is InChI=1S/C11H18N2O2/c1-7-8(2)15-9(3)10(7)11(14)13(4)6-5-12/h7-10H,6H2,1-4H3. The Hall–Kier alpha value is -1.08. The summed E-state index contributed by atoms with van der Waals surface area (Å²) in [7, 11) is 1.66. The van der Waals surface area contributed by atoms with Crippen molar-refractivity contribution in [2.24, 2.45) is 11.8 Å². The summed E-state index contributed by atoms with van der Waals surface area (Å²) >= 11 is 0. The van der Waals surface area contributed by atoms with Gasteiger partial charge in [-0.3, -0.25) is 4.79 Å². The molecule has 0 bridgehead atoms. The molecule has 84 valence electrons. The van der Waals surface area contributed by atoms with Crippen LogP contribution in [-0.4, -0.2) is 36.6 Å². The van der Waals surface area contributed by atoms with E-state index in [2.05, 4.69) is 0 Å². The molecule has 0 aromatic heterocycles. The first-order valence-electron chi connectivity index (χ1n) is 5.26. The van der Waals surface area contributed by atoms with Gasteiger partial charge in [-0.25, -0.2) is 0 Å². The van der Waals surface area contributed by atoms with Gasteiger partial charge in [-0.1, -0.05) is 6.92 Å². The van der Waals surface area contributed by atoms with Gasteiger partial charge in [0, 0.05) is 7.05 Å². The largest absolute Gasteiger partial charge is 0.374 e. The molecule has 0 aliphatic carbocycles. The molecule has 0 radical (unpaired) electrons. The lowest BCUT2D eigenvalue weighted by Crippen LogP contribution is -2.38. The summed E-state index contributed by atoms with van der Waals surface area (Å²) in [6.45, 7) is 6.07. The second-order valence-electron chi connectivity index (χ2n) is 4.28. The Morgan fingerprint density at radius 2 is 2.00 bits per heavy atom. The molecule has 1 rings (SSSR count). The predicted octanol–water partition coefficient (Wildman–Crippen LogP) is 1.03. The van der Waals surface area contributed by atoms with Crippen molar-refractivity contribution in [2.75, 3.05) is 13.6 Å². The first kappa shape index (κ1) is 12.0. The molecule has 4 atom stereocenters. The number of carbonyl (C=O) groups excluding carboxylic acids is 1. The number of carbonyl (C=O) groups is 1. The minimum absolute atomic E-state index is 0.0147. The van der Waals surface area contributed by atoms with Gasteiger partial charge >= 0.3 is 0 Å². The van der Waals surface area contributed by atoms with Crippen molar-refractivity contribution < 1.29 is 9.53 Å². The van der Waals surface area contributed by atoms with Crippen molar-refractivity contribution >= 4 is 5.91 Å². The van der Waals surface area contributed by atoms with Crippen LogP contribution in [0.3, 0.4) is 0 Å². The number of ether oxygens (including phenoxy) is 1. The van der Waals surface area contributed by atoms with Gasteiger partial charge in [-0.15, -0.1) is 0 Å². The molecule has 4 heteroatoms. The first-order chi connectivity index (χ1) is 6.99. The van der Waals surface area contributed by atoms with E-state index in [0.717, 1.165) is 0 Å². The van der Waals surface area contributed by atoms with E-state index in [4.69, 9.17) is 10.00 Å². The van der Waals surface area contributed by atoms with Gasteiger partial charge in [0.25, 0.3) is 0 Å². The van der Waals surface area contributed by atoms with Gasteiger partial charge in [-0.2, -0.15) is 5.26 Å². The van der Waals surface area contributed by atoms with Gasteiger partial charge in [0.15, 0.2) is 0 Å². The molecule has 0 saturated carbocycles. The van der Waals surface area contributed by atoms with Gasteiger partial charge in [0.2, 0.25) is 5.91 Å². The van der Waals surface area contributed by atoms with Crippen molar-refractivity contribution in [3.8, 4) is 6.07 Å². The number of nitriles is 1. The van der Waals surface area contributed by atoms with Crippen LogP contribution in [0.15, 0.2) is 0 Å². The number of amides is 1. The zero-order chi connectivity index (χ0) is 11.6. The fourth-order valence-corrected chi connectivity index (χ4v) is 2.13. The van der Waals surface area contributed by atoms with Gasteiger partial charge in [0.05, 0.1) is 24.2 Å². The number of rotatable bonds is 2. The lowest BCUT2D eigenvalue weighted by molar-refractivity contribution is -0.135. The van der Waals surface area contributed by atoms with E-state index in [1.165, 1.54) is 4.90 Å². The molecule has 1 saturated heterocycles. The highest BCUT2D eigenvalue weighted by molar-refractivity contribution is 5.80. The first-order valence-corrected chi connectivity index (χ1v) is 5.26. The molecule has 0 spiro atoms. The fraction of sp³-hybridized carbons (Fsp3) is 0.818. The maximum Gasteiger partial charge on any atom is 0.229 e. The lowest BCUT2D eigenvalue weighted by Gasteiger charge is -2.22. The Morgan fingerprint density at radius 3 is 2.40 bits per heavy atom. The van der Waals surface area contributed by atoms with E-state index >= 15 is 0 Å². The molecule has 15 heavy (non-hydrogen) atoms. The van der Waals surface area contributed by atoms with Crippen LogP contribution in [0.4, 0.5) is 0 Å².